The third-order valence-corrected chi connectivity index (χ3v) is 3.52. The molecule has 0 spiro atoms. The number of hydrogen-bond acceptors (Lipinski definition) is 2. The molecule has 0 heterocycles. The highest BCUT2D eigenvalue weighted by molar-refractivity contribution is 14.1. The van der Waals surface area contributed by atoms with Crippen molar-refractivity contribution >= 4 is 28.6 Å². The Morgan fingerprint density at radius 1 is 1.28 bits per heavy atom. The van der Waals surface area contributed by atoms with Crippen LogP contribution in [0.1, 0.15) is 34.1 Å². The molecule has 1 aromatic carbocycles. The minimum absolute atomic E-state index is 0.0251. The van der Waals surface area contributed by atoms with Crippen LogP contribution in [0.2, 0.25) is 0 Å². The summed E-state index contributed by atoms with van der Waals surface area (Å²) in [4.78, 5) is 12.2. The molecule has 0 aliphatic carbocycles. The summed E-state index contributed by atoms with van der Waals surface area (Å²) in [6.07, 6.45) is 0.875. The van der Waals surface area contributed by atoms with Crippen LogP contribution in [-0.2, 0) is 4.79 Å². The summed E-state index contributed by atoms with van der Waals surface area (Å²) in [5.41, 5.74) is 0. The van der Waals surface area contributed by atoms with Crippen molar-refractivity contribution in [3.8, 4) is 5.75 Å². The average molecular weight is 360 g/mol. The quantitative estimate of drug-likeness (QED) is 0.439. The van der Waals surface area contributed by atoms with Gasteiger partial charge in [-0.1, -0.05) is 33.8 Å². The number of halogens is 1. The lowest BCUT2D eigenvalue weighted by molar-refractivity contribution is -0.141. The van der Waals surface area contributed by atoms with Gasteiger partial charge in [-0.15, -0.1) is 0 Å². The third-order valence-electron chi connectivity index (χ3n) is 2.85. The van der Waals surface area contributed by atoms with E-state index < -0.39 is 0 Å². The van der Waals surface area contributed by atoms with Gasteiger partial charge in [-0.3, -0.25) is 4.79 Å². The average Bonchev–Trinajstić information content (AvgIpc) is 2.25. The third kappa shape index (κ3) is 4.96. The summed E-state index contributed by atoms with van der Waals surface area (Å²) >= 11 is 2.21. The van der Waals surface area contributed by atoms with E-state index in [1.807, 2.05) is 24.3 Å². The van der Waals surface area contributed by atoms with Crippen LogP contribution in [0.15, 0.2) is 24.3 Å². The highest BCUT2D eigenvalue weighted by atomic mass is 127. The van der Waals surface area contributed by atoms with Crippen LogP contribution < -0.4 is 4.74 Å². The molecule has 18 heavy (non-hydrogen) atoms. The van der Waals surface area contributed by atoms with E-state index in [1.165, 1.54) is 0 Å². The Balaban J connectivity index is 2.72. The molecule has 0 saturated heterocycles. The molecular weight excluding hydrogens is 339 g/mol. The molecule has 2 nitrogen and oxygen atoms in total. The van der Waals surface area contributed by atoms with E-state index in [0.717, 1.165) is 9.99 Å². The molecule has 1 unspecified atom stereocenters. The highest BCUT2D eigenvalue weighted by Gasteiger charge is 2.25. The van der Waals surface area contributed by atoms with Gasteiger partial charge in [0.2, 0.25) is 0 Å². The van der Waals surface area contributed by atoms with Crippen LogP contribution in [0.4, 0.5) is 0 Å². The summed E-state index contributed by atoms with van der Waals surface area (Å²) in [6.45, 7) is 8.41. The maximum absolute atomic E-state index is 12.2. The number of benzene rings is 1. The van der Waals surface area contributed by atoms with E-state index in [1.54, 1.807) is 0 Å². The largest absolute Gasteiger partial charge is 0.426 e. The molecule has 0 bridgehead atoms. The maximum Gasteiger partial charge on any atom is 0.314 e. The molecule has 0 fully saturated rings. The van der Waals surface area contributed by atoms with Crippen LogP contribution in [0.5, 0.6) is 5.75 Å². The van der Waals surface area contributed by atoms with Gasteiger partial charge < -0.3 is 4.74 Å². The fourth-order valence-corrected chi connectivity index (χ4v) is 2.39. The Kier molecular flexibility index (Phi) is 6.12. The first-order chi connectivity index (χ1) is 8.40. The molecule has 0 aliphatic heterocycles. The van der Waals surface area contributed by atoms with Gasteiger partial charge >= 0.3 is 5.97 Å². The van der Waals surface area contributed by atoms with Crippen molar-refractivity contribution in [1.29, 1.82) is 0 Å². The van der Waals surface area contributed by atoms with Gasteiger partial charge in [0.05, 0.1) is 5.92 Å². The second-order valence-corrected chi connectivity index (χ2v) is 6.60. The normalized spacial score (nSPS) is 12.8. The molecule has 0 amide bonds. The number of ether oxygens (including phenoxy) is 1. The van der Waals surface area contributed by atoms with Crippen molar-refractivity contribution in [3.05, 3.63) is 27.8 Å². The number of carbonyl (C=O) groups is 1. The molecule has 1 aromatic rings. The Morgan fingerprint density at radius 3 is 2.44 bits per heavy atom. The second-order valence-electron chi connectivity index (χ2n) is 5.36. The van der Waals surface area contributed by atoms with Gasteiger partial charge in [0.1, 0.15) is 5.75 Å². The summed E-state index contributed by atoms with van der Waals surface area (Å²) < 4.78 is 6.55. The standard InChI is InChI=1S/C15H21IO2/c1-10(2)8-14(11(3)4)15(17)18-13-7-5-6-12(16)9-13/h5-7,9-11,14H,8H2,1-4H3. The molecule has 0 N–H and O–H groups in total. The molecule has 0 aliphatic rings. The van der Waals surface area contributed by atoms with Gasteiger partial charge in [0.25, 0.3) is 0 Å². The van der Waals surface area contributed by atoms with Crippen molar-refractivity contribution in [2.75, 3.05) is 0 Å². The predicted molar refractivity (Wildman–Crippen MR) is 82.6 cm³/mol. The minimum atomic E-state index is -0.110. The Hall–Kier alpha value is -0.580. The Morgan fingerprint density at radius 2 is 1.94 bits per heavy atom. The van der Waals surface area contributed by atoms with Crippen LogP contribution in [-0.4, -0.2) is 5.97 Å². The van der Waals surface area contributed by atoms with Gasteiger partial charge in [0.15, 0.2) is 0 Å². The Bertz CT molecular complexity index is 399. The molecule has 0 saturated carbocycles. The Labute approximate surface area is 123 Å². The molecular formula is C15H21IO2. The van der Waals surface area contributed by atoms with E-state index in [0.29, 0.717) is 17.6 Å². The minimum Gasteiger partial charge on any atom is -0.426 e. The van der Waals surface area contributed by atoms with Crippen LogP contribution in [0.25, 0.3) is 0 Å². The van der Waals surface area contributed by atoms with Crippen molar-refractivity contribution in [1.82, 2.24) is 0 Å². The molecule has 100 valence electrons. The number of rotatable bonds is 5. The zero-order valence-corrected chi connectivity index (χ0v) is 13.6. The topological polar surface area (TPSA) is 26.3 Å². The van der Waals surface area contributed by atoms with Crippen LogP contribution >= 0.6 is 22.6 Å². The zero-order valence-electron chi connectivity index (χ0n) is 11.4. The van der Waals surface area contributed by atoms with Gasteiger partial charge in [-0.25, -0.2) is 0 Å². The lowest BCUT2D eigenvalue weighted by Gasteiger charge is -2.21. The highest BCUT2D eigenvalue weighted by Crippen LogP contribution is 2.23. The first-order valence-corrected chi connectivity index (χ1v) is 7.45. The monoisotopic (exact) mass is 360 g/mol. The van der Waals surface area contributed by atoms with E-state index >= 15 is 0 Å². The number of esters is 1. The molecule has 0 aromatic heterocycles. The predicted octanol–water partition coefficient (Wildman–Crippen LogP) is 4.51. The summed E-state index contributed by atoms with van der Waals surface area (Å²) in [5, 5.41) is 0. The van der Waals surface area contributed by atoms with Gasteiger partial charge in [-0.2, -0.15) is 0 Å². The number of carbonyl (C=O) groups excluding carboxylic acids is 1. The van der Waals surface area contributed by atoms with Crippen LogP contribution in [0.3, 0.4) is 0 Å². The van der Waals surface area contributed by atoms with E-state index in [9.17, 15) is 4.79 Å². The van der Waals surface area contributed by atoms with Gasteiger partial charge in [-0.05, 0) is 59.0 Å². The lowest BCUT2D eigenvalue weighted by atomic mass is 9.88. The number of hydrogen-bond donors (Lipinski definition) is 0. The first-order valence-electron chi connectivity index (χ1n) is 6.37. The second kappa shape index (κ2) is 7.12. The van der Waals surface area contributed by atoms with E-state index in [-0.39, 0.29) is 11.9 Å². The summed E-state index contributed by atoms with van der Waals surface area (Å²) in [5.74, 6) is 1.31. The van der Waals surface area contributed by atoms with Gasteiger partial charge in [0, 0.05) is 3.57 Å². The van der Waals surface area contributed by atoms with E-state index in [2.05, 4.69) is 50.3 Å². The van der Waals surface area contributed by atoms with Crippen molar-refractivity contribution in [2.24, 2.45) is 17.8 Å². The molecule has 1 rings (SSSR count). The van der Waals surface area contributed by atoms with E-state index in [4.69, 9.17) is 4.74 Å². The van der Waals surface area contributed by atoms with Crippen molar-refractivity contribution < 1.29 is 9.53 Å². The fourth-order valence-electron chi connectivity index (χ4n) is 1.87. The molecule has 3 heteroatoms. The van der Waals surface area contributed by atoms with Crippen LogP contribution in [0, 0.1) is 21.3 Å². The maximum atomic E-state index is 12.2. The van der Waals surface area contributed by atoms with Crippen molar-refractivity contribution in [3.63, 3.8) is 0 Å². The first kappa shape index (κ1) is 15.5. The molecule has 1 atom stereocenters. The zero-order chi connectivity index (χ0) is 13.7. The smallest absolute Gasteiger partial charge is 0.314 e. The SMILES string of the molecule is CC(C)CC(C(=O)Oc1cccc(I)c1)C(C)C. The molecule has 0 radical (unpaired) electrons. The summed E-state index contributed by atoms with van der Waals surface area (Å²) in [6, 6.07) is 7.58. The van der Waals surface area contributed by atoms with Crippen molar-refractivity contribution in [2.45, 2.75) is 34.1 Å². The fraction of sp³-hybridized carbons (Fsp3) is 0.533. The summed E-state index contributed by atoms with van der Waals surface area (Å²) in [7, 11) is 0. The lowest BCUT2D eigenvalue weighted by Crippen LogP contribution is -2.26.